The molecule has 0 atom stereocenters. The van der Waals surface area contributed by atoms with Crippen LogP contribution in [0.2, 0.25) is 5.02 Å². The molecule has 0 aliphatic rings. The number of nitrogens with two attached hydrogens (primary N) is 1. The van der Waals surface area contributed by atoms with Crippen molar-refractivity contribution in [2.75, 3.05) is 18.9 Å². The van der Waals surface area contributed by atoms with Gasteiger partial charge in [0.15, 0.2) is 13.2 Å². The summed E-state index contributed by atoms with van der Waals surface area (Å²) in [6, 6.07) is 3.52. The van der Waals surface area contributed by atoms with Crippen molar-refractivity contribution in [1.29, 1.82) is 0 Å². The molecule has 0 amide bonds. The van der Waals surface area contributed by atoms with Crippen molar-refractivity contribution in [1.82, 2.24) is 9.13 Å². The van der Waals surface area contributed by atoms with Crippen molar-refractivity contribution in [2.45, 2.75) is 46.6 Å². The van der Waals surface area contributed by atoms with Crippen molar-refractivity contribution < 1.29 is 19.1 Å². The molecule has 0 radical (unpaired) electrons. The molecule has 2 N–H and O–H groups in total. The summed E-state index contributed by atoms with van der Waals surface area (Å²) in [5.74, 6) is -1.23. The maximum atomic E-state index is 12.6. The molecule has 0 saturated heterocycles. The summed E-state index contributed by atoms with van der Waals surface area (Å²) in [6.45, 7) is 6.68. The second kappa shape index (κ2) is 10.5. The molecule has 174 valence electrons. The molecule has 1 aromatic carbocycles. The van der Waals surface area contributed by atoms with Gasteiger partial charge in [-0.3, -0.25) is 18.7 Å². The van der Waals surface area contributed by atoms with Crippen LogP contribution in [0, 0.1) is 6.92 Å². The fraction of sp³-hybridized carbons (Fsp3) is 0.455. The van der Waals surface area contributed by atoms with Crippen LogP contribution in [0.5, 0.6) is 5.75 Å². The van der Waals surface area contributed by atoms with Gasteiger partial charge in [-0.2, -0.15) is 0 Å². The average molecular weight is 466 g/mol. The minimum atomic E-state index is -0.838. The lowest BCUT2D eigenvalue weighted by Crippen LogP contribution is -2.43. The largest absolute Gasteiger partial charge is 0.482 e. The summed E-state index contributed by atoms with van der Waals surface area (Å²) in [4.78, 5) is 49.3. The zero-order valence-corrected chi connectivity index (χ0v) is 19.6. The Hall–Kier alpha value is -3.07. The Labute approximate surface area is 190 Å². The number of hydrogen-bond acceptors (Lipinski definition) is 7. The predicted octanol–water partition coefficient (Wildman–Crippen LogP) is 2.43. The number of halogens is 1. The lowest BCUT2D eigenvalue weighted by Gasteiger charge is -2.16. The van der Waals surface area contributed by atoms with Gasteiger partial charge >= 0.3 is 11.7 Å². The molecule has 9 nitrogen and oxygen atoms in total. The van der Waals surface area contributed by atoms with E-state index in [1.54, 1.807) is 12.1 Å². The van der Waals surface area contributed by atoms with Crippen LogP contribution in [0.4, 0.5) is 5.82 Å². The quantitative estimate of drug-likeness (QED) is 0.445. The zero-order valence-electron chi connectivity index (χ0n) is 18.9. The number of carbonyl (C=O) groups excluding carboxylic acids is 2. The Kier molecular flexibility index (Phi) is 8.26. The molecular weight excluding hydrogens is 438 g/mol. The summed E-state index contributed by atoms with van der Waals surface area (Å²) in [5.41, 5.74) is 5.70. The number of ether oxygens (including phenoxy) is 2. The van der Waals surface area contributed by atoms with E-state index in [0.29, 0.717) is 17.2 Å². The number of rotatable bonds is 9. The normalized spacial score (nSPS) is 11.0. The van der Waals surface area contributed by atoms with Gasteiger partial charge < -0.3 is 15.2 Å². The van der Waals surface area contributed by atoms with Gasteiger partial charge in [0.1, 0.15) is 17.1 Å². The molecule has 2 rings (SSSR count). The first-order valence-corrected chi connectivity index (χ1v) is 10.6. The Balaban J connectivity index is 2.12. The van der Waals surface area contributed by atoms with E-state index in [1.165, 1.54) is 7.05 Å². The van der Waals surface area contributed by atoms with Gasteiger partial charge in [-0.15, -0.1) is 0 Å². The van der Waals surface area contributed by atoms with Crippen molar-refractivity contribution in [2.24, 2.45) is 7.05 Å². The van der Waals surface area contributed by atoms with E-state index in [1.807, 2.05) is 27.7 Å². The number of hydrogen-bond donors (Lipinski definition) is 1. The molecule has 1 heterocycles. The predicted molar refractivity (Wildman–Crippen MR) is 122 cm³/mol. The highest BCUT2D eigenvalue weighted by molar-refractivity contribution is 6.31. The molecule has 1 aromatic heterocycles. The lowest BCUT2D eigenvalue weighted by molar-refractivity contribution is -0.144. The van der Waals surface area contributed by atoms with Gasteiger partial charge in [0.25, 0.3) is 5.56 Å². The molecule has 0 aliphatic heterocycles. The van der Waals surface area contributed by atoms with Crippen LogP contribution in [0.15, 0.2) is 21.7 Å². The van der Waals surface area contributed by atoms with Crippen molar-refractivity contribution in [3.8, 4) is 5.75 Å². The molecule has 0 unspecified atom stereocenters. The summed E-state index contributed by atoms with van der Waals surface area (Å²) >= 11 is 6.17. The van der Waals surface area contributed by atoms with Gasteiger partial charge in [-0.25, -0.2) is 9.59 Å². The number of Topliss-reactive ketones (excluding diaryl/α,β-unsaturated/α-hetero) is 1. The second-order valence-corrected chi connectivity index (χ2v) is 8.13. The number of anilines is 1. The van der Waals surface area contributed by atoms with Crippen LogP contribution in [0.25, 0.3) is 0 Å². The Morgan fingerprint density at radius 1 is 1.19 bits per heavy atom. The molecule has 0 aliphatic carbocycles. The first kappa shape index (κ1) is 25.2. The van der Waals surface area contributed by atoms with E-state index in [-0.39, 0.29) is 23.8 Å². The van der Waals surface area contributed by atoms with Crippen LogP contribution in [-0.4, -0.2) is 34.1 Å². The van der Waals surface area contributed by atoms with Crippen LogP contribution >= 0.6 is 11.6 Å². The lowest BCUT2D eigenvalue weighted by atomic mass is 10.0. The maximum absolute atomic E-state index is 12.6. The molecule has 32 heavy (non-hydrogen) atoms. The van der Waals surface area contributed by atoms with Crippen LogP contribution in [0.1, 0.15) is 54.6 Å². The number of ketones is 1. The zero-order chi connectivity index (χ0) is 24.2. The van der Waals surface area contributed by atoms with Gasteiger partial charge in [0, 0.05) is 18.6 Å². The van der Waals surface area contributed by atoms with E-state index >= 15 is 0 Å². The Morgan fingerprint density at radius 3 is 2.44 bits per heavy atom. The van der Waals surface area contributed by atoms with Gasteiger partial charge in [-0.1, -0.05) is 32.4 Å². The summed E-state index contributed by atoms with van der Waals surface area (Å²) in [7, 11) is 1.26. The molecular formula is C22H28ClN3O6. The Morgan fingerprint density at radius 2 is 1.84 bits per heavy atom. The van der Waals surface area contributed by atoms with Crippen LogP contribution < -0.4 is 21.7 Å². The van der Waals surface area contributed by atoms with Crippen molar-refractivity contribution >= 4 is 29.2 Å². The third-order valence-corrected chi connectivity index (χ3v) is 5.34. The number of aromatic nitrogens is 2. The Bertz CT molecular complexity index is 1150. The molecule has 0 spiro atoms. The first-order valence-electron chi connectivity index (χ1n) is 10.2. The third kappa shape index (κ3) is 5.40. The summed E-state index contributed by atoms with van der Waals surface area (Å²) in [5, 5.41) is 0.595. The highest BCUT2D eigenvalue weighted by atomic mass is 35.5. The van der Waals surface area contributed by atoms with Gasteiger partial charge in [-0.05, 0) is 42.5 Å². The fourth-order valence-electron chi connectivity index (χ4n) is 3.13. The standard InChI is InChI=1S/C22H28ClN3O6/c1-6-7-26-20(24)19(21(29)25(5)22(26)30)16(27)10-32-18(28)11-31-17-8-13(4)15(23)9-14(17)12(2)3/h8-9,12H,6-7,10-11,24H2,1-5H3. The van der Waals surface area contributed by atoms with Gasteiger partial charge in [0.05, 0.1) is 0 Å². The third-order valence-electron chi connectivity index (χ3n) is 4.93. The highest BCUT2D eigenvalue weighted by Crippen LogP contribution is 2.32. The van der Waals surface area contributed by atoms with Crippen LogP contribution in [-0.2, 0) is 23.1 Å². The van der Waals surface area contributed by atoms with E-state index in [4.69, 9.17) is 26.8 Å². The van der Waals surface area contributed by atoms with Gasteiger partial charge in [0.2, 0.25) is 5.78 Å². The molecule has 0 bridgehead atoms. The number of benzene rings is 1. The monoisotopic (exact) mass is 465 g/mol. The number of carbonyl (C=O) groups is 2. The van der Waals surface area contributed by atoms with Crippen LogP contribution in [0.3, 0.4) is 0 Å². The molecule has 10 heteroatoms. The number of aryl methyl sites for hydroxylation is 1. The molecule has 2 aromatic rings. The molecule has 0 fully saturated rings. The second-order valence-electron chi connectivity index (χ2n) is 7.73. The van der Waals surface area contributed by atoms with E-state index in [2.05, 4.69) is 0 Å². The van der Waals surface area contributed by atoms with E-state index in [0.717, 1.165) is 20.3 Å². The summed E-state index contributed by atoms with van der Waals surface area (Å²) < 4.78 is 12.5. The topological polar surface area (TPSA) is 123 Å². The highest BCUT2D eigenvalue weighted by Gasteiger charge is 2.22. The fourth-order valence-corrected chi connectivity index (χ4v) is 3.30. The smallest absolute Gasteiger partial charge is 0.344 e. The average Bonchev–Trinajstić information content (AvgIpc) is 2.74. The summed E-state index contributed by atoms with van der Waals surface area (Å²) in [6.07, 6.45) is 0.574. The maximum Gasteiger partial charge on any atom is 0.344 e. The minimum Gasteiger partial charge on any atom is -0.482 e. The van der Waals surface area contributed by atoms with E-state index < -0.39 is 36.2 Å². The number of esters is 1. The SMILES string of the molecule is CCCn1c(N)c(C(=O)COC(=O)COc2cc(C)c(Cl)cc2C(C)C)c(=O)n(C)c1=O. The van der Waals surface area contributed by atoms with Crippen molar-refractivity contribution in [3.05, 3.63) is 54.7 Å². The first-order chi connectivity index (χ1) is 15.0. The number of nitrogens with zero attached hydrogens (tertiary/aromatic N) is 2. The van der Waals surface area contributed by atoms with Crippen molar-refractivity contribution in [3.63, 3.8) is 0 Å². The van der Waals surface area contributed by atoms with E-state index in [9.17, 15) is 19.2 Å². The minimum absolute atomic E-state index is 0.110. The number of nitrogen functional groups attached to an aromatic ring is 1. The molecule has 0 saturated carbocycles.